The fraction of sp³-hybridized carbons (Fsp3) is 0.375. The highest BCUT2D eigenvalue weighted by atomic mass is 79.9. The molecule has 3 heteroatoms. The van der Waals surface area contributed by atoms with Gasteiger partial charge in [0, 0.05) is 16.7 Å². The Morgan fingerprint density at radius 1 is 1.64 bits per heavy atom. The Bertz CT molecular complexity index is 265. The van der Waals surface area contributed by atoms with Crippen LogP contribution in [0, 0.1) is 5.92 Å². The van der Waals surface area contributed by atoms with Crippen LogP contribution in [0.3, 0.4) is 0 Å². The van der Waals surface area contributed by atoms with Gasteiger partial charge in [-0.1, -0.05) is 28.1 Å². The lowest BCUT2D eigenvalue weighted by Crippen LogP contribution is -2.20. The molecule has 1 aliphatic heterocycles. The highest BCUT2D eigenvalue weighted by Gasteiger charge is 2.26. The van der Waals surface area contributed by atoms with Crippen LogP contribution in [0.5, 0.6) is 0 Å². The molecule has 0 fully saturated rings. The first-order valence-electron chi connectivity index (χ1n) is 3.61. The molecule has 1 aliphatic carbocycles. The molecule has 1 N–H and O–H groups in total. The van der Waals surface area contributed by atoms with Gasteiger partial charge in [-0.2, -0.15) is 5.10 Å². The summed E-state index contributed by atoms with van der Waals surface area (Å²) in [4.78, 5) is 0.403. The fourth-order valence-corrected chi connectivity index (χ4v) is 1.93. The standard InChI is InChI=1S/C8H9BrN2/c1-5-2-3-7(9)6-4-10-11-8(5)6/h2-4,6-7,11H,1H3. The fourth-order valence-electron chi connectivity index (χ4n) is 1.37. The summed E-state index contributed by atoms with van der Waals surface area (Å²) >= 11 is 3.57. The minimum atomic E-state index is 0.403. The zero-order valence-electron chi connectivity index (χ0n) is 6.21. The highest BCUT2D eigenvalue weighted by Crippen LogP contribution is 2.29. The number of hydrazone groups is 1. The molecule has 0 aromatic carbocycles. The molecule has 0 aromatic rings. The molecule has 0 saturated carbocycles. The maximum Gasteiger partial charge on any atom is 0.0541 e. The molecule has 0 saturated heterocycles. The second-order valence-electron chi connectivity index (χ2n) is 2.82. The molecular weight excluding hydrogens is 204 g/mol. The highest BCUT2D eigenvalue weighted by molar-refractivity contribution is 9.09. The summed E-state index contributed by atoms with van der Waals surface area (Å²) in [6.45, 7) is 2.10. The Labute approximate surface area is 74.2 Å². The second kappa shape index (κ2) is 2.48. The van der Waals surface area contributed by atoms with Crippen LogP contribution in [0.1, 0.15) is 6.92 Å². The number of rotatable bonds is 0. The average Bonchev–Trinajstić information content (AvgIpc) is 2.45. The van der Waals surface area contributed by atoms with Gasteiger partial charge >= 0.3 is 0 Å². The van der Waals surface area contributed by atoms with Crippen molar-refractivity contribution in [3.8, 4) is 0 Å². The number of hydrogen-bond acceptors (Lipinski definition) is 2. The van der Waals surface area contributed by atoms with Crippen molar-refractivity contribution in [2.45, 2.75) is 11.8 Å². The van der Waals surface area contributed by atoms with Crippen molar-refractivity contribution in [3.63, 3.8) is 0 Å². The van der Waals surface area contributed by atoms with Gasteiger partial charge in [0.2, 0.25) is 0 Å². The first-order chi connectivity index (χ1) is 5.29. The Hall–Kier alpha value is -0.570. The molecule has 0 radical (unpaired) electrons. The smallest absolute Gasteiger partial charge is 0.0541 e. The Morgan fingerprint density at radius 3 is 3.18 bits per heavy atom. The van der Waals surface area contributed by atoms with Crippen molar-refractivity contribution in [1.29, 1.82) is 0 Å². The first kappa shape index (κ1) is 7.10. The number of halogens is 1. The zero-order valence-corrected chi connectivity index (χ0v) is 7.80. The van der Waals surface area contributed by atoms with Gasteiger partial charge in [0.05, 0.1) is 5.92 Å². The summed E-state index contributed by atoms with van der Waals surface area (Å²) in [6.07, 6.45) is 6.22. The van der Waals surface area contributed by atoms with E-state index in [1.54, 1.807) is 0 Å². The molecule has 58 valence electrons. The van der Waals surface area contributed by atoms with E-state index in [4.69, 9.17) is 0 Å². The molecule has 2 atom stereocenters. The maximum absolute atomic E-state index is 4.03. The largest absolute Gasteiger partial charge is 0.282 e. The van der Waals surface area contributed by atoms with Crippen LogP contribution in [-0.4, -0.2) is 11.0 Å². The monoisotopic (exact) mass is 212 g/mol. The molecule has 11 heavy (non-hydrogen) atoms. The SMILES string of the molecule is CC1=C2NN=CC2C(Br)C=C1. The number of nitrogens with one attached hydrogen (secondary N) is 1. The normalized spacial score (nSPS) is 34.0. The van der Waals surface area contributed by atoms with E-state index in [-0.39, 0.29) is 0 Å². The van der Waals surface area contributed by atoms with E-state index in [1.807, 2.05) is 6.21 Å². The summed E-state index contributed by atoms with van der Waals surface area (Å²) < 4.78 is 0. The van der Waals surface area contributed by atoms with Crippen LogP contribution in [-0.2, 0) is 0 Å². The van der Waals surface area contributed by atoms with Gasteiger partial charge in [-0.05, 0) is 12.5 Å². The van der Waals surface area contributed by atoms with Gasteiger partial charge in [-0.15, -0.1) is 0 Å². The van der Waals surface area contributed by atoms with Crippen molar-refractivity contribution in [1.82, 2.24) is 5.43 Å². The summed E-state index contributed by atoms with van der Waals surface area (Å²) in [6, 6.07) is 0. The number of hydrogen-bond donors (Lipinski definition) is 1. The topological polar surface area (TPSA) is 24.4 Å². The van der Waals surface area contributed by atoms with Crippen LogP contribution in [0.4, 0.5) is 0 Å². The third kappa shape index (κ3) is 1.03. The van der Waals surface area contributed by atoms with Crippen LogP contribution in [0.2, 0.25) is 0 Å². The predicted molar refractivity (Wildman–Crippen MR) is 49.7 cm³/mol. The van der Waals surface area contributed by atoms with Gasteiger partial charge in [0.1, 0.15) is 0 Å². The number of fused-ring (bicyclic) bond motifs is 1. The van der Waals surface area contributed by atoms with Gasteiger partial charge in [0.25, 0.3) is 0 Å². The molecule has 0 bridgehead atoms. The molecule has 0 amide bonds. The summed E-state index contributed by atoms with van der Waals surface area (Å²) in [7, 11) is 0. The first-order valence-corrected chi connectivity index (χ1v) is 4.53. The van der Waals surface area contributed by atoms with E-state index in [0.717, 1.165) is 0 Å². The van der Waals surface area contributed by atoms with Crippen molar-refractivity contribution < 1.29 is 0 Å². The third-order valence-electron chi connectivity index (χ3n) is 2.05. The number of allylic oxidation sites excluding steroid dienone is 4. The molecule has 2 rings (SSSR count). The molecule has 1 heterocycles. The van der Waals surface area contributed by atoms with Gasteiger partial charge < -0.3 is 0 Å². The Morgan fingerprint density at radius 2 is 2.45 bits per heavy atom. The second-order valence-corrected chi connectivity index (χ2v) is 3.87. The number of nitrogens with zero attached hydrogens (tertiary/aromatic N) is 1. The maximum atomic E-state index is 4.03. The summed E-state index contributed by atoms with van der Waals surface area (Å²) in [5, 5.41) is 4.03. The lowest BCUT2D eigenvalue weighted by atomic mass is 9.95. The van der Waals surface area contributed by atoms with E-state index in [1.165, 1.54) is 11.3 Å². The van der Waals surface area contributed by atoms with E-state index in [2.05, 4.69) is 45.5 Å². The predicted octanol–water partition coefficient (Wildman–Crippen LogP) is 1.80. The van der Waals surface area contributed by atoms with Crippen molar-refractivity contribution in [2.75, 3.05) is 0 Å². The zero-order chi connectivity index (χ0) is 7.84. The minimum Gasteiger partial charge on any atom is -0.282 e. The molecule has 0 aromatic heterocycles. The van der Waals surface area contributed by atoms with Gasteiger partial charge in [0.15, 0.2) is 0 Å². The third-order valence-corrected chi connectivity index (χ3v) is 2.93. The lowest BCUT2D eigenvalue weighted by Gasteiger charge is -2.18. The average molecular weight is 213 g/mol. The van der Waals surface area contributed by atoms with Crippen LogP contribution >= 0.6 is 15.9 Å². The van der Waals surface area contributed by atoms with E-state index in [9.17, 15) is 0 Å². The van der Waals surface area contributed by atoms with Crippen molar-refractivity contribution in [3.05, 3.63) is 23.4 Å². The molecule has 0 spiro atoms. The summed E-state index contributed by atoms with van der Waals surface area (Å²) in [5.74, 6) is 0.417. The molecular formula is C8H9BrN2. The lowest BCUT2D eigenvalue weighted by molar-refractivity contribution is 0.774. The van der Waals surface area contributed by atoms with Crippen LogP contribution in [0.25, 0.3) is 0 Å². The quantitative estimate of drug-likeness (QED) is 0.609. The van der Waals surface area contributed by atoms with E-state index in [0.29, 0.717) is 10.7 Å². The Kier molecular flexibility index (Phi) is 1.60. The van der Waals surface area contributed by atoms with E-state index < -0.39 is 0 Å². The van der Waals surface area contributed by atoms with Crippen molar-refractivity contribution >= 4 is 22.1 Å². The Balaban J connectivity index is 2.39. The minimum absolute atomic E-state index is 0.403. The molecule has 2 unspecified atom stereocenters. The van der Waals surface area contributed by atoms with E-state index >= 15 is 0 Å². The van der Waals surface area contributed by atoms with Crippen LogP contribution in [0.15, 0.2) is 28.5 Å². The number of alkyl halides is 1. The molecule has 2 nitrogen and oxygen atoms in total. The van der Waals surface area contributed by atoms with Crippen LogP contribution < -0.4 is 5.43 Å². The van der Waals surface area contributed by atoms with Gasteiger partial charge in [-0.25, -0.2) is 0 Å². The van der Waals surface area contributed by atoms with Gasteiger partial charge in [-0.3, -0.25) is 5.43 Å². The van der Waals surface area contributed by atoms with Crippen molar-refractivity contribution in [2.24, 2.45) is 11.0 Å². The summed E-state index contributed by atoms with van der Waals surface area (Å²) in [5.41, 5.74) is 5.52. The molecule has 2 aliphatic rings.